The fourth-order valence-electron chi connectivity index (χ4n) is 3.00. The van der Waals surface area contributed by atoms with Gasteiger partial charge in [-0.1, -0.05) is 12.1 Å². The van der Waals surface area contributed by atoms with Crippen LogP contribution in [0.1, 0.15) is 22.8 Å². The molecule has 0 radical (unpaired) electrons. The molecular weight excluding hydrogens is 413 g/mol. The lowest BCUT2D eigenvalue weighted by atomic mass is 10.0. The van der Waals surface area contributed by atoms with Gasteiger partial charge in [0.25, 0.3) is 5.91 Å². The summed E-state index contributed by atoms with van der Waals surface area (Å²) in [5.41, 5.74) is 0.749. The Morgan fingerprint density at radius 1 is 1.03 bits per heavy atom. The Bertz CT molecular complexity index is 1130. The molecule has 6 nitrogen and oxygen atoms in total. The Kier molecular flexibility index (Phi) is 6.14. The van der Waals surface area contributed by atoms with Crippen molar-refractivity contribution in [2.75, 3.05) is 14.2 Å². The van der Waals surface area contributed by atoms with E-state index in [1.165, 1.54) is 39.3 Å². The number of carbonyl (C=O) groups is 2. The maximum atomic E-state index is 12.8. The Morgan fingerprint density at radius 2 is 1.71 bits per heavy atom. The lowest BCUT2D eigenvalue weighted by molar-refractivity contribution is -0.142. The number of methoxy groups -OCH3 is 2. The monoisotopic (exact) mass is 432 g/mol. The number of rotatable bonds is 5. The third-order valence-corrected chi connectivity index (χ3v) is 4.66. The number of ether oxygens (including phenoxy) is 2. The predicted molar refractivity (Wildman–Crippen MR) is 108 cm³/mol. The van der Waals surface area contributed by atoms with Crippen molar-refractivity contribution in [3.05, 3.63) is 59.7 Å². The summed E-state index contributed by atoms with van der Waals surface area (Å²) in [4.78, 5) is 28.5. The minimum absolute atomic E-state index is 0.252. The van der Waals surface area contributed by atoms with Crippen LogP contribution in [0.2, 0.25) is 0 Å². The standard InChI is InChI=1S/C22H19F3N2O4/c1-12(21(29)31-3)26-20(28)14-6-9-16-18(10-14)27-17(11-19(16)30-2)13-4-7-15(8-5-13)22(23,24)25/h4-12H,1-3H3,(H,26,28)/t12-/m1/s1. The molecule has 31 heavy (non-hydrogen) atoms. The Morgan fingerprint density at radius 3 is 2.29 bits per heavy atom. The van der Waals surface area contributed by atoms with Crippen molar-refractivity contribution in [2.24, 2.45) is 0 Å². The number of amides is 1. The normalized spacial score (nSPS) is 12.3. The van der Waals surface area contributed by atoms with Crippen molar-refractivity contribution in [3.8, 4) is 17.0 Å². The second-order valence-electron chi connectivity index (χ2n) is 6.74. The molecular formula is C22H19F3N2O4. The molecule has 0 saturated heterocycles. The van der Waals surface area contributed by atoms with Crippen LogP contribution in [0.25, 0.3) is 22.2 Å². The zero-order valence-electron chi connectivity index (χ0n) is 16.9. The number of hydrogen-bond donors (Lipinski definition) is 1. The molecule has 0 spiro atoms. The zero-order chi connectivity index (χ0) is 22.8. The van der Waals surface area contributed by atoms with Gasteiger partial charge in [-0.3, -0.25) is 4.79 Å². The number of halogens is 3. The molecule has 2 aromatic carbocycles. The van der Waals surface area contributed by atoms with Crippen LogP contribution in [0.3, 0.4) is 0 Å². The van der Waals surface area contributed by atoms with Crippen molar-refractivity contribution in [1.29, 1.82) is 0 Å². The minimum atomic E-state index is -4.43. The quantitative estimate of drug-likeness (QED) is 0.611. The molecule has 1 heterocycles. The average Bonchev–Trinajstić information content (AvgIpc) is 2.76. The molecule has 1 atom stereocenters. The maximum Gasteiger partial charge on any atom is 0.416 e. The number of esters is 1. The van der Waals surface area contributed by atoms with Gasteiger partial charge in [0.15, 0.2) is 0 Å². The van der Waals surface area contributed by atoms with Gasteiger partial charge < -0.3 is 14.8 Å². The molecule has 0 unspecified atom stereocenters. The van der Waals surface area contributed by atoms with Gasteiger partial charge in [-0.15, -0.1) is 0 Å². The van der Waals surface area contributed by atoms with Gasteiger partial charge in [0.2, 0.25) is 0 Å². The fourth-order valence-corrected chi connectivity index (χ4v) is 3.00. The second-order valence-corrected chi connectivity index (χ2v) is 6.74. The molecule has 0 aliphatic carbocycles. The Balaban J connectivity index is 2.00. The van der Waals surface area contributed by atoms with Crippen LogP contribution < -0.4 is 10.1 Å². The second kappa shape index (κ2) is 8.63. The maximum absolute atomic E-state index is 12.8. The van der Waals surface area contributed by atoms with Gasteiger partial charge in [0.1, 0.15) is 11.8 Å². The van der Waals surface area contributed by atoms with E-state index in [-0.39, 0.29) is 5.56 Å². The summed E-state index contributed by atoms with van der Waals surface area (Å²) in [6, 6.07) is 10.1. The number of aromatic nitrogens is 1. The van der Waals surface area contributed by atoms with Crippen molar-refractivity contribution >= 4 is 22.8 Å². The van der Waals surface area contributed by atoms with E-state index in [1.807, 2.05) is 0 Å². The molecule has 162 valence electrons. The van der Waals surface area contributed by atoms with E-state index in [0.717, 1.165) is 12.1 Å². The molecule has 0 aliphatic heterocycles. The highest BCUT2D eigenvalue weighted by Gasteiger charge is 2.30. The zero-order valence-corrected chi connectivity index (χ0v) is 16.9. The van der Waals surface area contributed by atoms with Crippen LogP contribution in [0.15, 0.2) is 48.5 Å². The average molecular weight is 432 g/mol. The van der Waals surface area contributed by atoms with E-state index < -0.39 is 29.7 Å². The number of carbonyl (C=O) groups excluding carboxylic acids is 2. The highest BCUT2D eigenvalue weighted by Crippen LogP contribution is 2.33. The molecule has 0 bridgehead atoms. The van der Waals surface area contributed by atoms with Crippen molar-refractivity contribution in [3.63, 3.8) is 0 Å². The first kappa shape index (κ1) is 22.1. The van der Waals surface area contributed by atoms with Crippen LogP contribution in [-0.2, 0) is 15.7 Å². The third-order valence-electron chi connectivity index (χ3n) is 4.66. The largest absolute Gasteiger partial charge is 0.496 e. The molecule has 0 fully saturated rings. The first-order chi connectivity index (χ1) is 14.6. The van der Waals surface area contributed by atoms with E-state index in [2.05, 4.69) is 15.0 Å². The summed E-state index contributed by atoms with van der Waals surface area (Å²) >= 11 is 0. The molecule has 0 aliphatic rings. The van der Waals surface area contributed by atoms with Crippen LogP contribution in [0, 0.1) is 0 Å². The van der Waals surface area contributed by atoms with Crippen LogP contribution in [0.4, 0.5) is 13.2 Å². The first-order valence-corrected chi connectivity index (χ1v) is 9.19. The summed E-state index contributed by atoms with van der Waals surface area (Å²) in [6.45, 7) is 1.49. The van der Waals surface area contributed by atoms with E-state index >= 15 is 0 Å². The third kappa shape index (κ3) is 4.76. The molecule has 1 aromatic heterocycles. The lowest BCUT2D eigenvalue weighted by Gasteiger charge is -2.13. The van der Waals surface area contributed by atoms with Crippen molar-refractivity contribution in [2.45, 2.75) is 19.1 Å². The Labute approximate surface area is 176 Å². The Hall–Kier alpha value is -3.62. The van der Waals surface area contributed by atoms with Crippen LogP contribution in [-0.4, -0.2) is 37.1 Å². The van der Waals surface area contributed by atoms with Crippen LogP contribution in [0.5, 0.6) is 5.75 Å². The van der Waals surface area contributed by atoms with Gasteiger partial charge in [0.05, 0.1) is 31.0 Å². The van der Waals surface area contributed by atoms with E-state index in [1.54, 1.807) is 18.2 Å². The number of nitrogens with zero attached hydrogens (tertiary/aromatic N) is 1. The summed E-state index contributed by atoms with van der Waals surface area (Å²) in [6.07, 6.45) is -4.43. The number of pyridine rings is 1. The molecule has 9 heteroatoms. The summed E-state index contributed by atoms with van der Waals surface area (Å²) in [5, 5.41) is 3.15. The summed E-state index contributed by atoms with van der Waals surface area (Å²) < 4.78 is 48.5. The fraction of sp³-hybridized carbons (Fsp3) is 0.227. The van der Waals surface area contributed by atoms with Gasteiger partial charge in [-0.05, 0) is 37.3 Å². The molecule has 3 aromatic rings. The van der Waals surface area contributed by atoms with E-state index in [4.69, 9.17) is 4.74 Å². The summed E-state index contributed by atoms with van der Waals surface area (Å²) in [5.74, 6) is -0.631. The van der Waals surface area contributed by atoms with Crippen molar-refractivity contribution < 1.29 is 32.2 Å². The van der Waals surface area contributed by atoms with Crippen molar-refractivity contribution in [1.82, 2.24) is 10.3 Å². The first-order valence-electron chi connectivity index (χ1n) is 9.19. The van der Waals surface area contributed by atoms with Gasteiger partial charge >= 0.3 is 12.1 Å². The van der Waals surface area contributed by atoms with E-state index in [0.29, 0.717) is 27.9 Å². The lowest BCUT2D eigenvalue weighted by Crippen LogP contribution is -2.39. The number of hydrogen-bond acceptors (Lipinski definition) is 5. The number of alkyl halides is 3. The van der Waals surface area contributed by atoms with Crippen LogP contribution >= 0.6 is 0 Å². The SMILES string of the molecule is COC(=O)[C@@H](C)NC(=O)c1ccc2c(OC)cc(-c3ccc(C(F)(F)F)cc3)nc2c1. The molecule has 1 amide bonds. The number of benzene rings is 2. The molecule has 1 N–H and O–H groups in total. The van der Waals surface area contributed by atoms with E-state index in [9.17, 15) is 22.8 Å². The number of fused-ring (bicyclic) bond motifs is 1. The molecule has 3 rings (SSSR count). The van der Waals surface area contributed by atoms with Gasteiger partial charge in [-0.25, -0.2) is 9.78 Å². The number of nitrogens with one attached hydrogen (secondary N) is 1. The summed E-state index contributed by atoms with van der Waals surface area (Å²) in [7, 11) is 2.68. The topological polar surface area (TPSA) is 77.5 Å². The highest BCUT2D eigenvalue weighted by atomic mass is 19.4. The highest BCUT2D eigenvalue weighted by molar-refractivity contribution is 6.00. The predicted octanol–water partition coefficient (Wildman–Crippen LogP) is 4.22. The molecule has 0 saturated carbocycles. The van der Waals surface area contributed by atoms with Gasteiger partial charge in [-0.2, -0.15) is 13.2 Å². The minimum Gasteiger partial charge on any atom is -0.496 e. The smallest absolute Gasteiger partial charge is 0.416 e. The van der Waals surface area contributed by atoms with Gasteiger partial charge in [0, 0.05) is 22.6 Å².